The van der Waals surface area contributed by atoms with Crippen molar-refractivity contribution in [2.75, 3.05) is 6.54 Å². The molecule has 1 aliphatic rings. The number of alkyl halides is 2. The number of likely N-dealkylation sites (tertiary alicyclic amines) is 1. The molecule has 150 valence electrons. The van der Waals surface area contributed by atoms with Gasteiger partial charge < -0.3 is 4.90 Å². The van der Waals surface area contributed by atoms with E-state index in [0.717, 1.165) is 11.0 Å². The molecule has 1 saturated heterocycles. The first-order valence-electron chi connectivity index (χ1n) is 8.71. The third-order valence-corrected chi connectivity index (χ3v) is 4.88. The van der Waals surface area contributed by atoms with Gasteiger partial charge in [-0.05, 0) is 24.3 Å². The van der Waals surface area contributed by atoms with Crippen LogP contribution in [0.15, 0.2) is 36.7 Å². The number of pyridine rings is 1. The van der Waals surface area contributed by atoms with Gasteiger partial charge in [-0.3, -0.25) is 14.6 Å². The molecule has 1 atom stereocenters. The highest BCUT2D eigenvalue weighted by Gasteiger charge is 2.47. The molecule has 0 N–H and O–H groups in total. The van der Waals surface area contributed by atoms with E-state index >= 15 is 0 Å². The van der Waals surface area contributed by atoms with Crippen LogP contribution in [0.5, 0.6) is 0 Å². The number of carbonyl (C=O) groups is 2. The van der Waals surface area contributed by atoms with E-state index < -0.39 is 42.4 Å². The van der Waals surface area contributed by atoms with Crippen LogP contribution in [0.25, 0.3) is 11.1 Å². The summed E-state index contributed by atoms with van der Waals surface area (Å²) in [4.78, 5) is 29.7. The Morgan fingerprint density at radius 1 is 1.28 bits per heavy atom. The van der Waals surface area contributed by atoms with Gasteiger partial charge in [0.25, 0.3) is 5.92 Å². The normalized spacial score (nSPS) is 17.8. The van der Waals surface area contributed by atoms with E-state index in [2.05, 4.69) is 4.98 Å². The van der Waals surface area contributed by atoms with Gasteiger partial charge in [-0.25, -0.2) is 13.2 Å². The molecule has 1 aromatic carbocycles. The fraction of sp³-hybridized carbons (Fsp3) is 0.300. The number of Topliss-reactive ketones (excluding diaryl/α,β-unsaturated/α-hetero) is 1. The minimum atomic E-state index is -3.12. The number of nitriles is 1. The zero-order chi connectivity index (χ0) is 21.2. The molecule has 1 aliphatic heterocycles. The smallest absolute Gasteiger partial charge is 0.268 e. The van der Waals surface area contributed by atoms with Gasteiger partial charge in [0.15, 0.2) is 5.78 Å². The average Bonchev–Trinajstić information content (AvgIpc) is 3.02. The van der Waals surface area contributed by atoms with Crippen molar-refractivity contribution in [1.29, 1.82) is 5.26 Å². The van der Waals surface area contributed by atoms with Gasteiger partial charge in [-0.1, -0.05) is 11.6 Å². The molecule has 29 heavy (non-hydrogen) atoms. The molecule has 0 unspecified atom stereocenters. The van der Waals surface area contributed by atoms with Gasteiger partial charge in [-0.2, -0.15) is 5.26 Å². The average molecular weight is 422 g/mol. The van der Waals surface area contributed by atoms with Crippen LogP contribution in [0, 0.1) is 17.1 Å². The van der Waals surface area contributed by atoms with Crippen molar-refractivity contribution in [3.8, 4) is 17.2 Å². The summed E-state index contributed by atoms with van der Waals surface area (Å²) in [6.07, 6.45) is 1.33. The first kappa shape index (κ1) is 20.8. The van der Waals surface area contributed by atoms with E-state index in [4.69, 9.17) is 16.9 Å². The Bertz CT molecular complexity index is 1010. The molecule has 0 spiro atoms. The lowest BCUT2D eigenvalue weighted by Crippen LogP contribution is -2.36. The largest absolute Gasteiger partial charge is 0.320 e. The molecule has 0 radical (unpaired) electrons. The molecular weight excluding hydrogens is 407 g/mol. The SMILES string of the molecule is N#C[C@@H]1CC(F)(F)CN1C(=O)CCC(=O)c1ccncc1-c1cc(Cl)ccc1F. The number of carbonyl (C=O) groups excluding carboxylic acids is 2. The Labute approximate surface area is 169 Å². The molecule has 0 bridgehead atoms. The van der Waals surface area contributed by atoms with Crippen LogP contribution in [0.2, 0.25) is 5.02 Å². The Balaban J connectivity index is 1.77. The third kappa shape index (κ3) is 4.57. The van der Waals surface area contributed by atoms with Crippen molar-refractivity contribution in [1.82, 2.24) is 9.88 Å². The summed E-state index contributed by atoms with van der Waals surface area (Å²) in [5.74, 6) is -4.90. The number of hydrogen-bond acceptors (Lipinski definition) is 4. The second kappa shape index (κ2) is 8.21. The van der Waals surface area contributed by atoms with Crippen molar-refractivity contribution in [3.63, 3.8) is 0 Å². The van der Waals surface area contributed by atoms with Crippen LogP contribution in [0.3, 0.4) is 0 Å². The molecule has 1 fully saturated rings. The summed E-state index contributed by atoms with van der Waals surface area (Å²) in [5, 5.41) is 9.26. The monoisotopic (exact) mass is 421 g/mol. The number of halogens is 4. The second-order valence-corrected chi connectivity index (χ2v) is 7.13. The number of aromatic nitrogens is 1. The van der Waals surface area contributed by atoms with E-state index in [9.17, 15) is 22.8 Å². The molecule has 5 nitrogen and oxygen atoms in total. The van der Waals surface area contributed by atoms with Gasteiger partial charge in [0.2, 0.25) is 5.91 Å². The van der Waals surface area contributed by atoms with Gasteiger partial charge in [0.05, 0.1) is 12.6 Å². The Hall–Kier alpha value is -2.92. The maximum Gasteiger partial charge on any atom is 0.268 e. The third-order valence-electron chi connectivity index (χ3n) is 4.65. The topological polar surface area (TPSA) is 74.1 Å². The predicted octanol–water partition coefficient (Wildman–Crippen LogP) is 4.26. The lowest BCUT2D eigenvalue weighted by Gasteiger charge is -2.19. The molecule has 0 aliphatic carbocycles. The number of hydrogen-bond donors (Lipinski definition) is 0. The lowest BCUT2D eigenvalue weighted by atomic mass is 9.96. The number of amides is 1. The van der Waals surface area contributed by atoms with Crippen LogP contribution in [-0.2, 0) is 4.79 Å². The zero-order valence-electron chi connectivity index (χ0n) is 15.0. The molecular formula is C20H15ClF3N3O2. The van der Waals surface area contributed by atoms with Crippen molar-refractivity contribution in [2.24, 2.45) is 0 Å². The number of benzene rings is 1. The van der Waals surface area contributed by atoms with E-state index in [1.54, 1.807) is 6.07 Å². The number of nitrogens with zero attached hydrogens (tertiary/aromatic N) is 3. The predicted molar refractivity (Wildman–Crippen MR) is 98.9 cm³/mol. The number of rotatable bonds is 5. The van der Waals surface area contributed by atoms with Crippen molar-refractivity contribution < 1.29 is 22.8 Å². The van der Waals surface area contributed by atoms with Crippen LogP contribution < -0.4 is 0 Å². The molecule has 9 heteroatoms. The molecule has 2 aromatic rings. The molecule has 1 aromatic heterocycles. The summed E-state index contributed by atoms with van der Waals surface area (Å²) in [7, 11) is 0. The van der Waals surface area contributed by atoms with Crippen molar-refractivity contribution in [3.05, 3.63) is 53.1 Å². The first-order chi connectivity index (χ1) is 13.7. The maximum atomic E-state index is 14.2. The highest BCUT2D eigenvalue weighted by Crippen LogP contribution is 2.33. The quantitative estimate of drug-likeness (QED) is 0.676. The van der Waals surface area contributed by atoms with E-state index in [0.29, 0.717) is 0 Å². The Kier molecular flexibility index (Phi) is 5.89. The lowest BCUT2D eigenvalue weighted by molar-refractivity contribution is -0.132. The highest BCUT2D eigenvalue weighted by atomic mass is 35.5. The fourth-order valence-corrected chi connectivity index (χ4v) is 3.42. The Morgan fingerprint density at radius 2 is 2.03 bits per heavy atom. The summed E-state index contributed by atoms with van der Waals surface area (Å²) in [5.41, 5.74) is 0.439. The van der Waals surface area contributed by atoms with Crippen LogP contribution in [0.4, 0.5) is 13.2 Å². The van der Waals surface area contributed by atoms with E-state index in [1.807, 2.05) is 0 Å². The minimum Gasteiger partial charge on any atom is -0.320 e. The van der Waals surface area contributed by atoms with Gasteiger partial charge in [0, 0.05) is 53.4 Å². The molecule has 1 amide bonds. The van der Waals surface area contributed by atoms with Gasteiger partial charge >= 0.3 is 0 Å². The number of ketones is 1. The molecule has 0 saturated carbocycles. The highest BCUT2D eigenvalue weighted by molar-refractivity contribution is 6.30. The second-order valence-electron chi connectivity index (χ2n) is 6.70. The maximum absolute atomic E-state index is 14.2. The zero-order valence-corrected chi connectivity index (χ0v) is 15.8. The van der Waals surface area contributed by atoms with Crippen LogP contribution >= 0.6 is 11.6 Å². The summed E-state index contributed by atoms with van der Waals surface area (Å²) in [6.45, 7) is -0.841. The summed E-state index contributed by atoms with van der Waals surface area (Å²) < 4.78 is 41.2. The van der Waals surface area contributed by atoms with E-state index in [-0.39, 0.29) is 34.6 Å². The van der Waals surface area contributed by atoms with Gasteiger partial charge in [-0.15, -0.1) is 0 Å². The van der Waals surface area contributed by atoms with E-state index in [1.165, 1.54) is 30.6 Å². The summed E-state index contributed by atoms with van der Waals surface area (Å²) >= 11 is 5.91. The van der Waals surface area contributed by atoms with Gasteiger partial charge in [0.1, 0.15) is 11.9 Å². The van der Waals surface area contributed by atoms with Crippen molar-refractivity contribution >= 4 is 23.3 Å². The van der Waals surface area contributed by atoms with Crippen LogP contribution in [0.1, 0.15) is 29.6 Å². The summed E-state index contributed by atoms with van der Waals surface area (Å²) in [6, 6.07) is 5.76. The fourth-order valence-electron chi connectivity index (χ4n) is 3.25. The minimum absolute atomic E-state index is 0.0870. The Morgan fingerprint density at radius 3 is 2.76 bits per heavy atom. The van der Waals surface area contributed by atoms with Crippen molar-refractivity contribution in [2.45, 2.75) is 31.2 Å². The molecule has 2 heterocycles. The van der Waals surface area contributed by atoms with Crippen LogP contribution in [-0.4, -0.2) is 40.1 Å². The standard InChI is InChI=1S/C20H15ClF3N3O2/c21-12-1-2-17(22)15(7-12)16-10-26-6-5-14(16)18(28)3-4-19(29)27-11-20(23,24)8-13(27)9-25/h1-2,5-7,10,13H,3-4,8,11H2/t13-/m0/s1. The first-order valence-corrected chi connectivity index (χ1v) is 9.09. The molecule has 3 rings (SSSR count).